The minimum absolute atomic E-state index is 0.105. The molecule has 2 saturated heterocycles. The fourth-order valence-electron chi connectivity index (χ4n) is 4.64. The van der Waals surface area contributed by atoms with Crippen LogP contribution >= 0.6 is 0 Å². The first-order chi connectivity index (χ1) is 14.4. The fourth-order valence-corrected chi connectivity index (χ4v) is 4.64. The van der Waals surface area contributed by atoms with E-state index in [1.165, 1.54) is 18.2 Å². The Bertz CT molecular complexity index is 744. The van der Waals surface area contributed by atoms with Gasteiger partial charge in [-0.15, -0.1) is 0 Å². The highest BCUT2D eigenvalue weighted by molar-refractivity contribution is 5.82. The molecule has 0 radical (unpaired) electrons. The van der Waals surface area contributed by atoms with Crippen LogP contribution in [-0.4, -0.2) is 74.3 Å². The summed E-state index contributed by atoms with van der Waals surface area (Å²) < 4.78 is 10.8. The summed E-state index contributed by atoms with van der Waals surface area (Å²) in [6.45, 7) is 11.3. The Morgan fingerprint density at radius 3 is 2.43 bits per heavy atom. The number of carbonyl (C=O) groups excluding carboxylic acids is 1. The smallest absolute Gasteiger partial charge is 0.310 e. The number of methoxy groups -OCH3 is 1. The van der Waals surface area contributed by atoms with Crippen LogP contribution < -0.4 is 5.32 Å². The predicted octanol–water partition coefficient (Wildman–Crippen LogP) is 2.11. The minimum Gasteiger partial charge on any atom is -0.469 e. The lowest BCUT2D eigenvalue weighted by atomic mass is 9.99. The zero-order valence-corrected chi connectivity index (χ0v) is 18.9. The van der Waals surface area contributed by atoms with Crippen LogP contribution in [0, 0.1) is 11.8 Å². The van der Waals surface area contributed by atoms with Gasteiger partial charge in [-0.3, -0.25) is 14.7 Å². The van der Waals surface area contributed by atoms with Gasteiger partial charge in [0.1, 0.15) is 0 Å². The fraction of sp³-hybridized carbons (Fsp3) is 0.652. The molecule has 0 amide bonds. The normalized spacial score (nSPS) is 27.9. The summed E-state index contributed by atoms with van der Waals surface area (Å²) in [6, 6.07) is 8.56. The van der Waals surface area contributed by atoms with E-state index in [1.807, 2.05) is 0 Å². The maximum Gasteiger partial charge on any atom is 0.310 e. The number of guanidine groups is 1. The number of morpholine rings is 1. The average Bonchev–Trinajstić information content (AvgIpc) is 3.09. The van der Waals surface area contributed by atoms with Crippen molar-refractivity contribution in [3.63, 3.8) is 0 Å². The molecule has 0 spiro atoms. The van der Waals surface area contributed by atoms with Crippen LogP contribution in [-0.2, 0) is 27.4 Å². The number of aliphatic imine (C=N–C) groups is 1. The number of likely N-dealkylation sites (tertiary alicyclic amines) is 1. The van der Waals surface area contributed by atoms with E-state index in [0.29, 0.717) is 13.1 Å². The molecule has 3 rings (SSSR count). The molecule has 1 aromatic carbocycles. The largest absolute Gasteiger partial charge is 0.469 e. The minimum atomic E-state index is -0.139. The second-order valence-corrected chi connectivity index (χ2v) is 8.63. The molecule has 7 nitrogen and oxygen atoms in total. The first-order valence-corrected chi connectivity index (χ1v) is 10.9. The van der Waals surface area contributed by atoms with Crippen molar-refractivity contribution in [1.29, 1.82) is 0 Å². The van der Waals surface area contributed by atoms with Gasteiger partial charge >= 0.3 is 5.97 Å². The Morgan fingerprint density at radius 2 is 1.80 bits per heavy atom. The topological polar surface area (TPSA) is 66.4 Å². The molecule has 1 N–H and O–H groups in total. The van der Waals surface area contributed by atoms with E-state index in [-0.39, 0.29) is 30.0 Å². The van der Waals surface area contributed by atoms with Crippen LogP contribution in [0.2, 0.25) is 0 Å². The summed E-state index contributed by atoms with van der Waals surface area (Å²) in [5, 5.41) is 3.50. The van der Waals surface area contributed by atoms with Gasteiger partial charge < -0.3 is 19.7 Å². The molecular weight excluding hydrogens is 380 g/mol. The van der Waals surface area contributed by atoms with Crippen molar-refractivity contribution in [2.45, 2.75) is 46.1 Å². The van der Waals surface area contributed by atoms with Crippen LogP contribution in [0.5, 0.6) is 0 Å². The van der Waals surface area contributed by atoms with Crippen molar-refractivity contribution in [3.05, 3.63) is 35.4 Å². The van der Waals surface area contributed by atoms with Gasteiger partial charge in [0.05, 0.1) is 25.2 Å². The third-order valence-electron chi connectivity index (χ3n) is 6.07. The zero-order chi connectivity index (χ0) is 21.7. The summed E-state index contributed by atoms with van der Waals surface area (Å²) in [4.78, 5) is 21.1. The van der Waals surface area contributed by atoms with E-state index in [2.05, 4.69) is 65.1 Å². The molecule has 0 aromatic heterocycles. The SMILES string of the molecule is CN=C(NCc1ccccc1CN1CC(C)OC(C)C1)N1CC(C)C(C(=O)OC)C1. The van der Waals surface area contributed by atoms with Gasteiger partial charge in [-0.1, -0.05) is 31.2 Å². The van der Waals surface area contributed by atoms with Crippen LogP contribution in [0.1, 0.15) is 31.9 Å². The van der Waals surface area contributed by atoms with Crippen molar-refractivity contribution in [2.24, 2.45) is 16.8 Å². The monoisotopic (exact) mass is 416 g/mol. The van der Waals surface area contributed by atoms with Crippen molar-refractivity contribution in [1.82, 2.24) is 15.1 Å². The highest BCUT2D eigenvalue weighted by Crippen LogP contribution is 2.24. The predicted molar refractivity (Wildman–Crippen MR) is 118 cm³/mol. The summed E-state index contributed by atoms with van der Waals surface area (Å²) in [5.41, 5.74) is 2.59. The molecule has 0 aliphatic carbocycles. The van der Waals surface area contributed by atoms with Crippen molar-refractivity contribution < 1.29 is 14.3 Å². The van der Waals surface area contributed by atoms with Gasteiger partial charge in [-0.2, -0.15) is 0 Å². The highest BCUT2D eigenvalue weighted by Gasteiger charge is 2.36. The third kappa shape index (κ3) is 5.52. The molecule has 0 saturated carbocycles. The van der Waals surface area contributed by atoms with Gasteiger partial charge in [0.25, 0.3) is 0 Å². The maximum absolute atomic E-state index is 12.0. The summed E-state index contributed by atoms with van der Waals surface area (Å²) in [6.07, 6.45) is 0.524. The number of benzene rings is 1. The number of esters is 1. The summed E-state index contributed by atoms with van der Waals surface area (Å²) in [5.74, 6) is 0.830. The Morgan fingerprint density at radius 1 is 1.13 bits per heavy atom. The lowest BCUT2D eigenvalue weighted by molar-refractivity contribution is -0.145. The molecule has 0 bridgehead atoms. The molecule has 7 heteroatoms. The lowest BCUT2D eigenvalue weighted by Gasteiger charge is -2.35. The number of nitrogens with zero attached hydrogens (tertiary/aromatic N) is 3. The Kier molecular flexibility index (Phi) is 7.72. The van der Waals surface area contributed by atoms with Crippen molar-refractivity contribution in [3.8, 4) is 0 Å². The molecule has 166 valence electrons. The van der Waals surface area contributed by atoms with Crippen LogP contribution in [0.25, 0.3) is 0 Å². The van der Waals surface area contributed by atoms with Gasteiger partial charge in [0.2, 0.25) is 0 Å². The van der Waals surface area contributed by atoms with Crippen LogP contribution in [0.15, 0.2) is 29.3 Å². The van der Waals surface area contributed by atoms with Gasteiger partial charge in [0.15, 0.2) is 5.96 Å². The Balaban J connectivity index is 1.62. The third-order valence-corrected chi connectivity index (χ3v) is 6.07. The second-order valence-electron chi connectivity index (χ2n) is 8.63. The molecule has 30 heavy (non-hydrogen) atoms. The molecule has 2 aliphatic heterocycles. The van der Waals surface area contributed by atoms with E-state index in [4.69, 9.17) is 9.47 Å². The molecule has 4 atom stereocenters. The van der Waals surface area contributed by atoms with E-state index < -0.39 is 0 Å². The summed E-state index contributed by atoms with van der Waals surface area (Å²) >= 11 is 0. The number of hydrogen-bond acceptors (Lipinski definition) is 5. The first-order valence-electron chi connectivity index (χ1n) is 10.9. The van der Waals surface area contributed by atoms with E-state index in [0.717, 1.165) is 32.1 Å². The number of rotatable bonds is 5. The molecule has 2 heterocycles. The Labute approximate surface area is 180 Å². The average molecular weight is 417 g/mol. The van der Waals surface area contributed by atoms with Gasteiger partial charge in [-0.05, 0) is 30.9 Å². The second kappa shape index (κ2) is 10.3. The highest BCUT2D eigenvalue weighted by atomic mass is 16.5. The Hall–Kier alpha value is -2.12. The van der Waals surface area contributed by atoms with Crippen LogP contribution in [0.3, 0.4) is 0 Å². The van der Waals surface area contributed by atoms with Gasteiger partial charge in [0, 0.05) is 46.3 Å². The molecule has 2 aliphatic rings. The van der Waals surface area contributed by atoms with Crippen LogP contribution in [0.4, 0.5) is 0 Å². The molecular formula is C23H36N4O3. The van der Waals surface area contributed by atoms with Crippen molar-refractivity contribution >= 4 is 11.9 Å². The number of carbonyl (C=O) groups is 1. The van der Waals surface area contributed by atoms with E-state index >= 15 is 0 Å². The molecule has 2 fully saturated rings. The summed E-state index contributed by atoms with van der Waals surface area (Å²) in [7, 11) is 3.25. The number of ether oxygens (including phenoxy) is 2. The first kappa shape index (κ1) is 22.6. The molecule has 4 unspecified atom stereocenters. The quantitative estimate of drug-likeness (QED) is 0.451. The standard InChI is InChI=1S/C23H36N4O3/c1-16-11-27(15-21(16)22(28)29-5)23(24-4)25-10-19-8-6-7-9-20(19)14-26-12-17(2)30-18(3)13-26/h6-9,16-18,21H,10-15H2,1-5H3,(H,24,25). The zero-order valence-electron chi connectivity index (χ0n) is 18.9. The number of hydrogen-bond donors (Lipinski definition) is 1. The maximum atomic E-state index is 12.0. The van der Waals surface area contributed by atoms with Crippen molar-refractivity contribution in [2.75, 3.05) is 40.3 Å². The lowest BCUT2D eigenvalue weighted by Crippen LogP contribution is -2.45. The molecule has 1 aromatic rings. The van der Waals surface area contributed by atoms with E-state index in [9.17, 15) is 4.79 Å². The van der Waals surface area contributed by atoms with Gasteiger partial charge in [-0.25, -0.2) is 0 Å². The van der Waals surface area contributed by atoms with E-state index in [1.54, 1.807) is 7.05 Å². The number of nitrogens with one attached hydrogen (secondary N) is 1.